The summed E-state index contributed by atoms with van der Waals surface area (Å²) in [5.41, 5.74) is 0. The number of hydrogen-bond donors (Lipinski definition) is 1. The van der Waals surface area contributed by atoms with Gasteiger partial charge in [0.1, 0.15) is 12.1 Å². The van der Waals surface area contributed by atoms with Crippen LogP contribution in [-0.4, -0.2) is 35.3 Å². The van der Waals surface area contributed by atoms with E-state index in [1.54, 1.807) is 4.90 Å². The van der Waals surface area contributed by atoms with Crippen molar-refractivity contribution in [3.63, 3.8) is 0 Å². The lowest BCUT2D eigenvalue weighted by Crippen LogP contribution is -2.65. The highest BCUT2D eigenvalue weighted by Gasteiger charge is 2.42. The van der Waals surface area contributed by atoms with Gasteiger partial charge in [-0.3, -0.25) is 9.59 Å². The largest absolute Gasteiger partial charge is 0.342 e. The highest BCUT2D eigenvalue weighted by molar-refractivity contribution is 6.29. The molecule has 0 radical (unpaired) electrons. The molecule has 2 fully saturated rings. The van der Waals surface area contributed by atoms with Gasteiger partial charge in [0.05, 0.1) is 6.54 Å². The zero-order chi connectivity index (χ0) is 14.7. The Morgan fingerprint density at radius 2 is 2.00 bits per heavy atom. The first-order valence-electron chi connectivity index (χ1n) is 7.48. The van der Waals surface area contributed by atoms with Gasteiger partial charge >= 0.3 is 0 Å². The zero-order valence-corrected chi connectivity index (χ0v) is 12.8. The van der Waals surface area contributed by atoms with Crippen LogP contribution in [0.25, 0.3) is 0 Å². The van der Waals surface area contributed by atoms with Crippen LogP contribution in [0.5, 0.6) is 0 Å². The molecule has 20 heavy (non-hydrogen) atoms. The molecule has 112 valence electrons. The first kappa shape index (κ1) is 15.4. The van der Waals surface area contributed by atoms with E-state index in [-0.39, 0.29) is 30.3 Å². The molecule has 0 spiro atoms. The van der Waals surface area contributed by atoms with E-state index in [4.69, 9.17) is 11.6 Å². The number of nitrogens with one attached hydrogen (secondary N) is 1. The summed E-state index contributed by atoms with van der Waals surface area (Å²) in [6, 6.07) is -0.792. The Kier molecular flexibility index (Phi) is 5.08. The fourth-order valence-electron chi connectivity index (χ4n) is 3.35. The SMILES string of the molecule is C=C(Cl)CN1C(=O)C(C2CCCCC2)NC(=O)C1CC. The molecule has 0 aromatic rings. The third-order valence-electron chi connectivity index (χ3n) is 4.38. The molecule has 2 atom stereocenters. The predicted molar refractivity (Wildman–Crippen MR) is 79.3 cm³/mol. The number of amides is 2. The lowest BCUT2D eigenvalue weighted by molar-refractivity contribution is -0.150. The van der Waals surface area contributed by atoms with Gasteiger partial charge in [0.2, 0.25) is 11.8 Å². The zero-order valence-electron chi connectivity index (χ0n) is 12.0. The first-order valence-corrected chi connectivity index (χ1v) is 7.86. The molecule has 1 aliphatic carbocycles. The number of hydrogen-bond acceptors (Lipinski definition) is 2. The average molecular weight is 299 g/mol. The van der Waals surface area contributed by atoms with Crippen LogP contribution in [0, 0.1) is 5.92 Å². The van der Waals surface area contributed by atoms with Crippen molar-refractivity contribution in [3.05, 3.63) is 11.6 Å². The summed E-state index contributed by atoms with van der Waals surface area (Å²) < 4.78 is 0. The van der Waals surface area contributed by atoms with Crippen molar-refractivity contribution in [1.29, 1.82) is 0 Å². The van der Waals surface area contributed by atoms with Crippen molar-refractivity contribution in [2.75, 3.05) is 6.54 Å². The van der Waals surface area contributed by atoms with Gasteiger partial charge in [0.25, 0.3) is 0 Å². The third-order valence-corrected chi connectivity index (χ3v) is 4.50. The smallest absolute Gasteiger partial charge is 0.246 e. The van der Waals surface area contributed by atoms with Gasteiger partial charge in [-0.15, -0.1) is 0 Å². The molecule has 5 heteroatoms. The van der Waals surface area contributed by atoms with Crippen LogP contribution in [0.4, 0.5) is 0 Å². The molecular formula is C15H23ClN2O2. The van der Waals surface area contributed by atoms with Gasteiger partial charge in [-0.05, 0) is 25.2 Å². The van der Waals surface area contributed by atoms with Crippen molar-refractivity contribution in [3.8, 4) is 0 Å². The molecule has 2 rings (SSSR count). The second kappa shape index (κ2) is 6.61. The Hall–Kier alpha value is -1.03. The highest BCUT2D eigenvalue weighted by Crippen LogP contribution is 2.30. The lowest BCUT2D eigenvalue weighted by Gasteiger charge is -2.42. The lowest BCUT2D eigenvalue weighted by atomic mass is 9.82. The van der Waals surface area contributed by atoms with Crippen LogP contribution in [0.15, 0.2) is 11.6 Å². The molecule has 1 heterocycles. The van der Waals surface area contributed by atoms with Crippen molar-refractivity contribution >= 4 is 23.4 Å². The number of rotatable bonds is 4. The van der Waals surface area contributed by atoms with E-state index in [9.17, 15) is 9.59 Å². The van der Waals surface area contributed by atoms with Crippen molar-refractivity contribution in [1.82, 2.24) is 10.2 Å². The Balaban J connectivity index is 2.16. The molecule has 1 saturated carbocycles. The molecule has 2 aliphatic rings. The summed E-state index contributed by atoms with van der Waals surface area (Å²) in [6.45, 7) is 5.82. The molecule has 0 aromatic heterocycles. The quantitative estimate of drug-likeness (QED) is 0.866. The van der Waals surface area contributed by atoms with E-state index in [0.717, 1.165) is 25.7 Å². The topological polar surface area (TPSA) is 49.4 Å². The number of nitrogens with zero attached hydrogens (tertiary/aromatic N) is 1. The van der Waals surface area contributed by atoms with Gasteiger partial charge in [-0.2, -0.15) is 0 Å². The summed E-state index contributed by atoms with van der Waals surface area (Å²) in [7, 11) is 0. The van der Waals surface area contributed by atoms with E-state index in [0.29, 0.717) is 11.5 Å². The van der Waals surface area contributed by atoms with Gasteiger partial charge in [0.15, 0.2) is 0 Å². The summed E-state index contributed by atoms with van der Waals surface area (Å²) in [6.07, 6.45) is 6.14. The normalized spacial score (nSPS) is 28.4. The summed E-state index contributed by atoms with van der Waals surface area (Å²) >= 11 is 5.86. The maximum Gasteiger partial charge on any atom is 0.246 e. The van der Waals surface area contributed by atoms with Crippen LogP contribution in [-0.2, 0) is 9.59 Å². The van der Waals surface area contributed by atoms with Crippen LogP contribution in [0.3, 0.4) is 0 Å². The molecule has 1 aliphatic heterocycles. The third kappa shape index (κ3) is 3.17. The van der Waals surface area contributed by atoms with Gasteiger partial charge in [-0.25, -0.2) is 0 Å². The number of halogens is 1. The minimum Gasteiger partial charge on any atom is -0.342 e. The number of carbonyl (C=O) groups excluding carboxylic acids is 2. The Morgan fingerprint density at radius 3 is 2.55 bits per heavy atom. The second-order valence-corrected chi connectivity index (χ2v) is 6.33. The maximum absolute atomic E-state index is 12.7. The predicted octanol–water partition coefficient (Wildman–Crippen LogP) is 2.42. The van der Waals surface area contributed by atoms with Crippen LogP contribution in [0.2, 0.25) is 0 Å². The molecule has 2 unspecified atom stereocenters. The van der Waals surface area contributed by atoms with E-state index in [1.165, 1.54) is 6.42 Å². The molecule has 0 bridgehead atoms. The number of carbonyl (C=O) groups is 2. The van der Waals surface area contributed by atoms with E-state index in [1.807, 2.05) is 6.92 Å². The standard InChI is InChI=1S/C15H23ClN2O2/c1-3-12-14(19)17-13(11-7-5-4-6-8-11)15(20)18(12)9-10(2)16/h11-13H,2-9H2,1H3,(H,17,19). The fraction of sp³-hybridized carbons (Fsp3) is 0.733. The summed E-state index contributed by atoms with van der Waals surface area (Å²) in [5, 5.41) is 3.33. The van der Waals surface area contributed by atoms with Gasteiger partial charge in [0, 0.05) is 5.03 Å². The summed E-state index contributed by atoms with van der Waals surface area (Å²) in [5.74, 6) is 0.217. The summed E-state index contributed by atoms with van der Waals surface area (Å²) in [4.78, 5) is 26.5. The molecule has 1 saturated heterocycles. The van der Waals surface area contributed by atoms with E-state index in [2.05, 4.69) is 11.9 Å². The molecule has 1 N–H and O–H groups in total. The van der Waals surface area contributed by atoms with Crippen LogP contribution in [0.1, 0.15) is 45.4 Å². The fourth-order valence-corrected chi connectivity index (χ4v) is 3.48. The van der Waals surface area contributed by atoms with Crippen LogP contribution < -0.4 is 5.32 Å². The molecule has 4 nitrogen and oxygen atoms in total. The van der Waals surface area contributed by atoms with Gasteiger partial charge < -0.3 is 10.2 Å². The number of piperazine rings is 1. The van der Waals surface area contributed by atoms with Crippen molar-refractivity contribution in [2.24, 2.45) is 5.92 Å². The average Bonchev–Trinajstić information content (AvgIpc) is 2.43. The van der Waals surface area contributed by atoms with Crippen LogP contribution >= 0.6 is 11.6 Å². The Bertz CT molecular complexity index is 405. The minimum atomic E-state index is -0.419. The van der Waals surface area contributed by atoms with E-state index < -0.39 is 6.04 Å². The van der Waals surface area contributed by atoms with Crippen molar-refractivity contribution in [2.45, 2.75) is 57.5 Å². The molecule has 0 aromatic carbocycles. The Labute approximate surface area is 125 Å². The minimum absolute atomic E-state index is 0.00477. The Morgan fingerprint density at radius 1 is 1.35 bits per heavy atom. The highest BCUT2D eigenvalue weighted by atomic mass is 35.5. The monoisotopic (exact) mass is 298 g/mol. The van der Waals surface area contributed by atoms with E-state index >= 15 is 0 Å². The van der Waals surface area contributed by atoms with Crippen molar-refractivity contribution < 1.29 is 9.59 Å². The van der Waals surface area contributed by atoms with Gasteiger partial charge in [-0.1, -0.05) is 44.4 Å². The second-order valence-electron chi connectivity index (χ2n) is 5.79. The maximum atomic E-state index is 12.7. The molecular weight excluding hydrogens is 276 g/mol. The molecule has 2 amide bonds. The first-order chi connectivity index (χ1) is 9.54.